The van der Waals surface area contributed by atoms with Crippen LogP contribution in [0.5, 0.6) is 0 Å². The summed E-state index contributed by atoms with van der Waals surface area (Å²) in [5.74, 6) is 0. The number of hydrogen-bond donors (Lipinski definition) is 1. The van der Waals surface area contributed by atoms with Gasteiger partial charge >= 0.3 is 1.43 Å². The van der Waals surface area contributed by atoms with Crippen molar-refractivity contribution >= 4 is 28.4 Å². The highest BCUT2D eigenvalue weighted by Crippen LogP contribution is 2.40. The standard InChI is InChI=1S/C27H20N2.ClH/c1-4-12-20(13-5-1)25-26(28-21-14-6-2-7-15-21)23-18-10-11-19-24(23)27(25)29-22-16-8-3-9-17-22;/h1-19,28H;1H. The van der Waals surface area contributed by atoms with Crippen LogP contribution in [0.15, 0.2) is 120 Å². The molecule has 1 aliphatic rings. The Labute approximate surface area is 184 Å². The fourth-order valence-electron chi connectivity index (χ4n) is 3.72. The maximum Gasteiger partial charge on any atom is 1.00 e. The monoisotopic (exact) mass is 408 g/mol. The number of allylic oxidation sites excluding steroid dienone is 1. The first-order valence-corrected chi connectivity index (χ1v) is 9.76. The molecule has 0 amide bonds. The van der Waals surface area contributed by atoms with Crippen LogP contribution in [0.4, 0.5) is 11.4 Å². The van der Waals surface area contributed by atoms with Crippen molar-refractivity contribution in [1.82, 2.24) is 0 Å². The summed E-state index contributed by atoms with van der Waals surface area (Å²) >= 11 is 0. The van der Waals surface area contributed by atoms with E-state index in [0.717, 1.165) is 39.5 Å². The van der Waals surface area contributed by atoms with E-state index < -0.39 is 0 Å². The van der Waals surface area contributed by atoms with Crippen LogP contribution < -0.4 is 17.7 Å². The Balaban J connectivity index is 0.00000136. The van der Waals surface area contributed by atoms with Crippen molar-refractivity contribution in [2.24, 2.45) is 4.99 Å². The first-order chi connectivity index (χ1) is 14.4. The maximum atomic E-state index is 5.07. The van der Waals surface area contributed by atoms with Gasteiger partial charge in [0.1, 0.15) is 0 Å². The van der Waals surface area contributed by atoms with Crippen LogP contribution in [-0.4, -0.2) is 5.71 Å². The minimum atomic E-state index is 0. The number of fused-ring (bicyclic) bond motifs is 1. The number of benzene rings is 4. The summed E-state index contributed by atoms with van der Waals surface area (Å²) in [6.45, 7) is 0. The largest absolute Gasteiger partial charge is 1.00 e. The number of para-hydroxylation sites is 2. The lowest BCUT2D eigenvalue weighted by atomic mass is 10.0. The van der Waals surface area contributed by atoms with Gasteiger partial charge in [-0.05, 0) is 29.8 Å². The molecule has 4 aromatic rings. The molecule has 0 saturated carbocycles. The van der Waals surface area contributed by atoms with Crippen LogP contribution in [0, 0.1) is 0 Å². The molecule has 4 aromatic carbocycles. The zero-order valence-corrected chi connectivity index (χ0v) is 17.1. The third-order valence-electron chi connectivity index (χ3n) is 5.04. The second-order valence-electron chi connectivity index (χ2n) is 6.95. The van der Waals surface area contributed by atoms with Gasteiger partial charge in [0.15, 0.2) is 0 Å². The van der Waals surface area contributed by atoms with Gasteiger partial charge in [-0.3, -0.25) is 0 Å². The molecule has 0 spiro atoms. The van der Waals surface area contributed by atoms with Crippen LogP contribution in [0.1, 0.15) is 18.1 Å². The lowest BCUT2D eigenvalue weighted by Gasteiger charge is -2.12. The van der Waals surface area contributed by atoms with E-state index in [9.17, 15) is 0 Å². The molecule has 146 valence electrons. The molecule has 0 aliphatic heterocycles. The predicted octanol–water partition coefficient (Wildman–Crippen LogP) is 3.92. The summed E-state index contributed by atoms with van der Waals surface area (Å²) in [7, 11) is 0. The normalized spacial score (nSPS) is 13.7. The van der Waals surface area contributed by atoms with E-state index in [-0.39, 0.29) is 13.8 Å². The Kier molecular flexibility index (Phi) is 5.78. The molecule has 0 unspecified atom stereocenters. The molecule has 30 heavy (non-hydrogen) atoms. The van der Waals surface area contributed by atoms with Gasteiger partial charge in [-0.1, -0.05) is 91.0 Å². The number of rotatable bonds is 4. The van der Waals surface area contributed by atoms with Crippen molar-refractivity contribution in [3.63, 3.8) is 0 Å². The van der Waals surface area contributed by atoms with Gasteiger partial charge in [-0.2, -0.15) is 0 Å². The van der Waals surface area contributed by atoms with E-state index >= 15 is 0 Å². The molecule has 0 bridgehead atoms. The average Bonchev–Trinajstić information content (AvgIpc) is 3.09. The van der Waals surface area contributed by atoms with Crippen molar-refractivity contribution in [2.45, 2.75) is 0 Å². The first kappa shape index (κ1) is 19.7. The van der Waals surface area contributed by atoms with E-state index in [1.54, 1.807) is 0 Å². The molecular formula is C27H21ClN2. The molecule has 0 saturated heterocycles. The number of anilines is 1. The third-order valence-corrected chi connectivity index (χ3v) is 5.04. The fourth-order valence-corrected chi connectivity index (χ4v) is 3.72. The van der Waals surface area contributed by atoms with Crippen molar-refractivity contribution in [3.8, 4) is 0 Å². The molecule has 1 aliphatic carbocycles. The van der Waals surface area contributed by atoms with E-state index in [4.69, 9.17) is 4.99 Å². The molecular weight excluding hydrogens is 388 g/mol. The van der Waals surface area contributed by atoms with Crippen LogP contribution in [-0.2, 0) is 0 Å². The van der Waals surface area contributed by atoms with Crippen molar-refractivity contribution in [3.05, 3.63) is 132 Å². The van der Waals surface area contributed by atoms with Crippen molar-refractivity contribution in [2.75, 3.05) is 5.32 Å². The molecule has 3 heteroatoms. The van der Waals surface area contributed by atoms with Gasteiger partial charge in [-0.15, -0.1) is 0 Å². The number of nitrogens with one attached hydrogen (secondary N) is 1. The summed E-state index contributed by atoms with van der Waals surface area (Å²) in [5.41, 5.74) is 8.69. The lowest BCUT2D eigenvalue weighted by molar-refractivity contribution is -0.00000554. The SMILES string of the molecule is [Cl-].[H+].c1ccc(N=C2C(c3ccccc3)=C(Nc3ccccc3)c3ccccc32)cc1. The maximum absolute atomic E-state index is 5.07. The second-order valence-corrected chi connectivity index (χ2v) is 6.95. The molecule has 2 nitrogen and oxygen atoms in total. The molecule has 0 heterocycles. The Morgan fingerprint density at radius 3 is 1.77 bits per heavy atom. The number of aliphatic imine (C=N–C) groups is 1. The summed E-state index contributed by atoms with van der Waals surface area (Å²) in [5, 5.41) is 3.66. The van der Waals surface area contributed by atoms with Gasteiger partial charge in [-0.25, -0.2) is 4.99 Å². The number of nitrogens with zero attached hydrogens (tertiary/aromatic N) is 1. The highest BCUT2D eigenvalue weighted by molar-refractivity contribution is 6.43. The fraction of sp³-hybridized carbons (Fsp3) is 0. The van der Waals surface area contributed by atoms with Gasteiger partial charge in [0.25, 0.3) is 0 Å². The zero-order chi connectivity index (χ0) is 19.5. The minimum absolute atomic E-state index is 0. The molecule has 1 N–H and O–H groups in total. The van der Waals surface area contributed by atoms with Crippen LogP contribution in [0.3, 0.4) is 0 Å². The average molecular weight is 409 g/mol. The third kappa shape index (κ3) is 3.78. The topological polar surface area (TPSA) is 24.4 Å². The van der Waals surface area contributed by atoms with Crippen molar-refractivity contribution < 1.29 is 13.8 Å². The van der Waals surface area contributed by atoms with Gasteiger partial charge in [0, 0.05) is 22.4 Å². The molecule has 0 fully saturated rings. The number of halogens is 1. The highest BCUT2D eigenvalue weighted by Gasteiger charge is 2.28. The van der Waals surface area contributed by atoms with Gasteiger partial charge in [0.2, 0.25) is 0 Å². The first-order valence-electron chi connectivity index (χ1n) is 9.76. The molecule has 0 aromatic heterocycles. The summed E-state index contributed by atoms with van der Waals surface area (Å²) in [6.07, 6.45) is 0. The minimum Gasteiger partial charge on any atom is -1.00 e. The zero-order valence-electron chi connectivity index (χ0n) is 17.3. The molecule has 0 atom stereocenters. The Hall–Kier alpha value is -3.62. The van der Waals surface area contributed by atoms with E-state index in [0.29, 0.717) is 0 Å². The highest BCUT2D eigenvalue weighted by atomic mass is 35.5. The molecule has 5 rings (SSSR count). The summed E-state index contributed by atoms with van der Waals surface area (Å²) in [4.78, 5) is 5.07. The summed E-state index contributed by atoms with van der Waals surface area (Å²) in [6, 6.07) is 39.4. The molecule has 0 radical (unpaired) electrons. The Morgan fingerprint density at radius 2 is 1.10 bits per heavy atom. The van der Waals surface area contributed by atoms with E-state index in [2.05, 4.69) is 66.0 Å². The van der Waals surface area contributed by atoms with Crippen LogP contribution in [0.25, 0.3) is 11.3 Å². The smallest absolute Gasteiger partial charge is 1.00 e. The van der Waals surface area contributed by atoms with Crippen molar-refractivity contribution in [1.29, 1.82) is 0 Å². The van der Waals surface area contributed by atoms with Gasteiger partial charge in [0.05, 0.1) is 17.1 Å². The van der Waals surface area contributed by atoms with Crippen LogP contribution in [0.2, 0.25) is 0 Å². The summed E-state index contributed by atoms with van der Waals surface area (Å²) < 4.78 is 0. The quantitative estimate of drug-likeness (QED) is 0.544. The number of hydrogen-bond acceptors (Lipinski definition) is 2. The second kappa shape index (κ2) is 8.81. The van der Waals surface area contributed by atoms with Gasteiger partial charge < -0.3 is 17.7 Å². The van der Waals surface area contributed by atoms with E-state index in [1.165, 1.54) is 5.56 Å². The van der Waals surface area contributed by atoms with Crippen LogP contribution >= 0.6 is 0 Å². The lowest BCUT2D eigenvalue weighted by Crippen LogP contribution is -3.00. The predicted molar refractivity (Wildman–Crippen MR) is 124 cm³/mol. The Morgan fingerprint density at radius 1 is 0.567 bits per heavy atom. The Bertz CT molecular complexity index is 1200. The van der Waals surface area contributed by atoms with E-state index in [1.807, 2.05) is 54.6 Å².